The summed E-state index contributed by atoms with van der Waals surface area (Å²) in [4.78, 5) is 22.2. The number of carboxylic acids is 1. The molecule has 7 nitrogen and oxygen atoms in total. The van der Waals surface area contributed by atoms with Gasteiger partial charge in [0.2, 0.25) is 0 Å². The molecule has 1 saturated heterocycles. The van der Waals surface area contributed by atoms with Crippen LogP contribution in [-0.4, -0.2) is 31.1 Å². The summed E-state index contributed by atoms with van der Waals surface area (Å²) in [5.41, 5.74) is 3.82. The highest BCUT2D eigenvalue weighted by Gasteiger charge is 2.41. The summed E-state index contributed by atoms with van der Waals surface area (Å²) in [7, 11) is 0. The van der Waals surface area contributed by atoms with E-state index in [1.807, 2.05) is 55.6 Å². The first-order valence-corrected chi connectivity index (χ1v) is 11.2. The summed E-state index contributed by atoms with van der Waals surface area (Å²) in [6, 6.07) is 18.2. The Bertz CT molecular complexity index is 1340. The van der Waals surface area contributed by atoms with Gasteiger partial charge in [-0.2, -0.15) is 0 Å². The van der Waals surface area contributed by atoms with Crippen LogP contribution >= 0.6 is 12.2 Å². The maximum atomic E-state index is 11.3. The van der Waals surface area contributed by atoms with Crippen molar-refractivity contribution in [2.24, 2.45) is 0 Å². The summed E-state index contributed by atoms with van der Waals surface area (Å²) >= 11 is 5.72. The third kappa shape index (κ3) is 4.15. The molecular formula is C26H22N4O3S. The quantitative estimate of drug-likeness (QED) is 0.384. The highest BCUT2D eigenvalue weighted by molar-refractivity contribution is 7.80. The van der Waals surface area contributed by atoms with E-state index in [1.54, 1.807) is 30.6 Å². The SMILES string of the molecule is Cc1cc(C(=O)O)ccc1-c1ccc([C@@H]2[C@@H](c3ccccn3)NC(=S)N2Cc2cccnc2)o1. The zero-order chi connectivity index (χ0) is 23.7. The molecule has 2 N–H and O–H groups in total. The van der Waals surface area contributed by atoms with Crippen molar-refractivity contribution in [3.63, 3.8) is 0 Å². The van der Waals surface area contributed by atoms with Crippen LogP contribution < -0.4 is 5.32 Å². The van der Waals surface area contributed by atoms with E-state index in [-0.39, 0.29) is 17.6 Å². The number of hydrogen-bond acceptors (Lipinski definition) is 5. The van der Waals surface area contributed by atoms with Crippen molar-refractivity contribution in [2.75, 3.05) is 0 Å². The molecule has 1 aromatic carbocycles. The molecule has 1 fully saturated rings. The Morgan fingerprint density at radius 1 is 1.15 bits per heavy atom. The molecule has 4 heterocycles. The molecule has 0 unspecified atom stereocenters. The van der Waals surface area contributed by atoms with Gasteiger partial charge in [-0.3, -0.25) is 9.97 Å². The summed E-state index contributed by atoms with van der Waals surface area (Å²) in [6.07, 6.45) is 5.34. The molecule has 0 amide bonds. The lowest BCUT2D eigenvalue weighted by Crippen LogP contribution is -2.29. The Morgan fingerprint density at radius 2 is 2.03 bits per heavy atom. The number of benzene rings is 1. The van der Waals surface area contributed by atoms with E-state index in [0.717, 1.165) is 28.1 Å². The number of carboxylic acid groups (broad SMARTS) is 1. The second-order valence-electron chi connectivity index (χ2n) is 8.15. The van der Waals surface area contributed by atoms with Crippen molar-refractivity contribution in [1.29, 1.82) is 0 Å². The van der Waals surface area contributed by atoms with Crippen molar-refractivity contribution < 1.29 is 14.3 Å². The molecule has 0 spiro atoms. The number of aromatic carboxylic acids is 1. The number of rotatable bonds is 6. The number of aromatic nitrogens is 2. The first-order valence-electron chi connectivity index (χ1n) is 10.8. The molecule has 5 rings (SSSR count). The molecule has 8 heteroatoms. The molecular weight excluding hydrogens is 448 g/mol. The minimum Gasteiger partial charge on any atom is -0.478 e. The van der Waals surface area contributed by atoms with Crippen LogP contribution in [0, 0.1) is 6.92 Å². The predicted octanol–water partition coefficient (Wildman–Crippen LogP) is 4.92. The number of nitrogens with zero attached hydrogens (tertiary/aromatic N) is 3. The predicted molar refractivity (Wildman–Crippen MR) is 131 cm³/mol. The van der Waals surface area contributed by atoms with E-state index in [4.69, 9.17) is 16.6 Å². The fourth-order valence-electron chi connectivity index (χ4n) is 4.30. The topological polar surface area (TPSA) is 91.5 Å². The van der Waals surface area contributed by atoms with E-state index in [2.05, 4.69) is 20.2 Å². The largest absolute Gasteiger partial charge is 0.478 e. The van der Waals surface area contributed by atoms with Crippen molar-refractivity contribution in [3.8, 4) is 11.3 Å². The summed E-state index contributed by atoms with van der Waals surface area (Å²) in [6.45, 7) is 2.44. The van der Waals surface area contributed by atoms with Crippen molar-refractivity contribution >= 4 is 23.3 Å². The zero-order valence-corrected chi connectivity index (χ0v) is 19.2. The van der Waals surface area contributed by atoms with Crippen LogP contribution in [0.5, 0.6) is 0 Å². The van der Waals surface area contributed by atoms with Gasteiger partial charge < -0.3 is 19.7 Å². The summed E-state index contributed by atoms with van der Waals surface area (Å²) < 4.78 is 6.37. The molecule has 0 radical (unpaired) electrons. The molecule has 3 aromatic heterocycles. The molecule has 0 aliphatic carbocycles. The van der Waals surface area contributed by atoms with Gasteiger partial charge in [-0.05, 0) is 72.7 Å². The first-order chi connectivity index (χ1) is 16.5. The van der Waals surface area contributed by atoms with Gasteiger partial charge in [-0.15, -0.1) is 0 Å². The molecule has 4 aromatic rings. The number of furan rings is 1. The fourth-order valence-corrected chi connectivity index (χ4v) is 4.61. The minimum absolute atomic E-state index is 0.195. The molecule has 1 aliphatic heterocycles. The van der Waals surface area contributed by atoms with Crippen LogP contribution in [0.15, 0.2) is 83.7 Å². The number of pyridine rings is 2. The second kappa shape index (κ2) is 9.07. The fraction of sp³-hybridized carbons (Fsp3) is 0.154. The highest BCUT2D eigenvalue weighted by atomic mass is 32.1. The molecule has 170 valence electrons. The smallest absolute Gasteiger partial charge is 0.335 e. The number of hydrogen-bond donors (Lipinski definition) is 2. The van der Waals surface area contributed by atoms with Crippen molar-refractivity contribution in [2.45, 2.75) is 25.6 Å². The van der Waals surface area contributed by atoms with Gasteiger partial charge in [0.25, 0.3) is 0 Å². The zero-order valence-electron chi connectivity index (χ0n) is 18.4. The molecule has 2 atom stereocenters. The van der Waals surface area contributed by atoms with Gasteiger partial charge >= 0.3 is 5.97 Å². The average Bonchev–Trinajstić information content (AvgIpc) is 3.45. The van der Waals surface area contributed by atoms with Crippen molar-refractivity contribution in [3.05, 3.63) is 107 Å². The third-order valence-electron chi connectivity index (χ3n) is 5.93. The molecule has 0 bridgehead atoms. The van der Waals surface area contributed by atoms with Crippen LogP contribution in [0.3, 0.4) is 0 Å². The molecule has 34 heavy (non-hydrogen) atoms. The van der Waals surface area contributed by atoms with E-state index < -0.39 is 5.97 Å². The Morgan fingerprint density at radius 3 is 2.74 bits per heavy atom. The van der Waals surface area contributed by atoms with Gasteiger partial charge in [-0.1, -0.05) is 18.2 Å². The van der Waals surface area contributed by atoms with Crippen molar-refractivity contribution in [1.82, 2.24) is 20.2 Å². The normalized spacial score (nSPS) is 17.6. The Labute approximate surface area is 202 Å². The number of thiocarbonyl (C=S) groups is 1. The van der Waals surface area contributed by atoms with E-state index >= 15 is 0 Å². The maximum Gasteiger partial charge on any atom is 0.335 e. The Kier molecular flexibility index (Phi) is 5.81. The van der Waals surface area contributed by atoms with E-state index in [1.165, 1.54) is 0 Å². The monoisotopic (exact) mass is 470 g/mol. The lowest BCUT2D eigenvalue weighted by Gasteiger charge is -2.26. The summed E-state index contributed by atoms with van der Waals surface area (Å²) in [5, 5.41) is 13.3. The lowest BCUT2D eigenvalue weighted by atomic mass is 10.0. The Balaban J connectivity index is 1.53. The number of nitrogens with one attached hydrogen (secondary N) is 1. The standard InChI is InChI=1S/C26H22N4O3S/c1-16-13-18(25(31)32)7-8-19(16)21-9-10-22(33-21)24-23(20-6-2-3-12-28-20)29-26(34)30(24)15-17-5-4-11-27-14-17/h2-14,23-24H,15H2,1H3,(H,29,34)(H,31,32)/t23-,24-/m1/s1. The third-order valence-corrected chi connectivity index (χ3v) is 6.28. The van der Waals surface area contributed by atoms with E-state index in [0.29, 0.717) is 17.4 Å². The second-order valence-corrected chi connectivity index (χ2v) is 8.54. The molecule has 0 saturated carbocycles. The minimum atomic E-state index is -0.954. The lowest BCUT2D eigenvalue weighted by molar-refractivity contribution is 0.0697. The van der Waals surface area contributed by atoms with Crippen LogP contribution in [-0.2, 0) is 6.54 Å². The molecule has 1 aliphatic rings. The first kappa shape index (κ1) is 21.8. The maximum absolute atomic E-state index is 11.3. The number of aryl methyl sites for hydroxylation is 1. The van der Waals surface area contributed by atoms with Gasteiger partial charge in [0.15, 0.2) is 5.11 Å². The summed E-state index contributed by atoms with van der Waals surface area (Å²) in [5.74, 6) is 0.455. The van der Waals surface area contributed by atoms with Gasteiger partial charge in [0.05, 0.1) is 17.3 Å². The van der Waals surface area contributed by atoms with Crippen LogP contribution in [0.1, 0.15) is 45.0 Å². The average molecular weight is 471 g/mol. The number of carbonyl (C=O) groups is 1. The van der Waals surface area contributed by atoms with Gasteiger partial charge in [-0.25, -0.2) is 4.79 Å². The Hall–Kier alpha value is -4.04. The van der Waals surface area contributed by atoms with Gasteiger partial charge in [0, 0.05) is 30.7 Å². The van der Waals surface area contributed by atoms with Crippen LogP contribution in [0.4, 0.5) is 0 Å². The van der Waals surface area contributed by atoms with E-state index in [9.17, 15) is 9.90 Å². The van der Waals surface area contributed by atoms with Gasteiger partial charge in [0.1, 0.15) is 17.6 Å². The van der Waals surface area contributed by atoms with Crippen LogP contribution in [0.25, 0.3) is 11.3 Å². The van der Waals surface area contributed by atoms with Crippen LogP contribution in [0.2, 0.25) is 0 Å². The highest BCUT2D eigenvalue weighted by Crippen LogP contribution is 2.41.